The third-order valence-electron chi connectivity index (χ3n) is 13.7. The van der Waals surface area contributed by atoms with Crippen molar-refractivity contribution in [2.24, 2.45) is 0 Å². The number of fused-ring (bicyclic) bond motifs is 1. The number of benzene rings is 3. The van der Waals surface area contributed by atoms with Crippen molar-refractivity contribution < 1.29 is 47.3 Å². The molecule has 4 N–H and O–H groups in total. The van der Waals surface area contributed by atoms with Crippen LogP contribution in [-0.4, -0.2) is 106 Å². The van der Waals surface area contributed by atoms with E-state index in [2.05, 4.69) is 21.6 Å². The summed E-state index contributed by atoms with van der Waals surface area (Å²) in [4.78, 5) is 65.4. The molecule has 4 aliphatic heterocycles. The molecule has 0 bridgehead atoms. The van der Waals surface area contributed by atoms with Gasteiger partial charge >= 0.3 is 11.9 Å². The van der Waals surface area contributed by atoms with Gasteiger partial charge in [-0.3, -0.25) is 24.6 Å². The van der Waals surface area contributed by atoms with E-state index in [9.17, 15) is 37.5 Å². The van der Waals surface area contributed by atoms with Crippen LogP contribution in [0.4, 0.5) is 17.2 Å². The molecule has 20 heteroatoms. The molecule has 7 heterocycles. The molecule has 69 heavy (non-hydrogen) atoms. The van der Waals surface area contributed by atoms with Crippen molar-refractivity contribution >= 4 is 96.1 Å². The number of aliphatic carboxylic acids is 1. The predicted octanol–water partition coefficient (Wildman–Crippen LogP) is 7.37. The molecule has 6 aromatic rings. The molecule has 3 saturated heterocycles. The van der Waals surface area contributed by atoms with Crippen LogP contribution in [0, 0.1) is 0 Å². The second kappa shape index (κ2) is 17.8. The molecule has 0 aliphatic carbocycles. The van der Waals surface area contributed by atoms with Gasteiger partial charge in [-0.1, -0.05) is 41.9 Å². The fourth-order valence-corrected chi connectivity index (χ4v) is 14.0. The third kappa shape index (κ3) is 8.65. The molecule has 358 valence electrons. The van der Waals surface area contributed by atoms with E-state index < -0.39 is 46.1 Å². The summed E-state index contributed by atoms with van der Waals surface area (Å²) in [7, 11) is -3.75. The number of carbonyl (C=O) groups excluding carboxylic acids is 3. The minimum Gasteiger partial charge on any atom is -0.479 e. The normalized spacial score (nSPS) is 19.9. The Morgan fingerprint density at radius 1 is 0.971 bits per heavy atom. The monoisotopic (exact) mass is 993 g/mol. The highest BCUT2D eigenvalue weighted by Crippen LogP contribution is 2.47. The molecule has 0 radical (unpaired) electrons. The first-order valence-corrected chi connectivity index (χ1v) is 25.5. The molecule has 4 aliphatic rings. The van der Waals surface area contributed by atoms with E-state index in [0.717, 1.165) is 70.6 Å². The van der Waals surface area contributed by atoms with E-state index in [-0.39, 0.29) is 58.0 Å². The van der Waals surface area contributed by atoms with Gasteiger partial charge in [0, 0.05) is 66.5 Å². The maximum Gasteiger partial charge on any atom is 0.349 e. The molecular weight excluding hydrogens is 946 g/mol. The van der Waals surface area contributed by atoms with Crippen LogP contribution in [0.2, 0.25) is 5.02 Å². The predicted molar refractivity (Wildman–Crippen MR) is 261 cm³/mol. The lowest BCUT2D eigenvalue weighted by Gasteiger charge is -2.45. The van der Waals surface area contributed by atoms with Gasteiger partial charge in [-0.15, -0.1) is 11.3 Å². The molecule has 0 spiro atoms. The molecular formula is C49H48ClN7O10S2. The molecule has 2 atom stereocenters. The summed E-state index contributed by atoms with van der Waals surface area (Å²) >= 11 is 7.43. The number of hydrogen-bond donors (Lipinski definition) is 4. The first-order valence-electron chi connectivity index (χ1n) is 22.7. The largest absolute Gasteiger partial charge is 0.479 e. The van der Waals surface area contributed by atoms with Gasteiger partial charge in [-0.2, -0.15) is 9.40 Å². The number of piperidine rings is 3. The summed E-state index contributed by atoms with van der Waals surface area (Å²) in [5, 5.41) is 31.4. The number of halogens is 1. The maximum absolute atomic E-state index is 14.2. The Morgan fingerprint density at radius 2 is 1.75 bits per heavy atom. The molecule has 3 fully saturated rings. The second-order valence-electron chi connectivity index (χ2n) is 18.7. The smallest absolute Gasteiger partial charge is 0.349 e. The van der Waals surface area contributed by atoms with E-state index in [4.69, 9.17) is 26.5 Å². The minimum absolute atomic E-state index is 0.0104. The number of hydrogen-bond acceptors (Lipinski definition) is 12. The fourth-order valence-electron chi connectivity index (χ4n) is 10.6. The van der Waals surface area contributed by atoms with Crippen molar-refractivity contribution in [3.8, 4) is 16.2 Å². The first kappa shape index (κ1) is 46.2. The van der Waals surface area contributed by atoms with Crippen molar-refractivity contribution in [1.82, 2.24) is 19.2 Å². The van der Waals surface area contributed by atoms with Crippen molar-refractivity contribution in [3.05, 3.63) is 106 Å². The molecule has 17 nitrogen and oxygen atoms in total. The Labute approximate surface area is 405 Å². The summed E-state index contributed by atoms with van der Waals surface area (Å²) in [6.45, 7) is 4.89. The van der Waals surface area contributed by atoms with Crippen molar-refractivity contribution in [3.63, 3.8) is 0 Å². The van der Waals surface area contributed by atoms with Gasteiger partial charge in [0.2, 0.25) is 21.8 Å². The lowest BCUT2D eigenvalue weighted by atomic mass is 9.85. The van der Waals surface area contributed by atoms with Gasteiger partial charge in [0.05, 0.1) is 21.8 Å². The van der Waals surface area contributed by atoms with E-state index in [1.807, 2.05) is 56.3 Å². The van der Waals surface area contributed by atoms with Crippen LogP contribution in [0.1, 0.15) is 89.4 Å². The summed E-state index contributed by atoms with van der Waals surface area (Å²) in [5.41, 5.74) is 4.48. The third-order valence-corrected chi connectivity index (χ3v) is 17.4. The number of pyridine rings is 1. The zero-order chi connectivity index (χ0) is 48.5. The van der Waals surface area contributed by atoms with Crippen LogP contribution in [0.3, 0.4) is 0 Å². The van der Waals surface area contributed by atoms with Crippen LogP contribution >= 0.6 is 22.9 Å². The topological polar surface area (TPSA) is 220 Å². The Bertz CT molecular complexity index is 3240. The van der Waals surface area contributed by atoms with Crippen molar-refractivity contribution in [2.45, 2.75) is 81.7 Å². The summed E-state index contributed by atoms with van der Waals surface area (Å²) < 4.78 is 36.9. The highest BCUT2D eigenvalue weighted by molar-refractivity contribution is 7.88. The highest BCUT2D eigenvalue weighted by Gasteiger charge is 2.43. The summed E-state index contributed by atoms with van der Waals surface area (Å²) in [6.07, 6.45) is 5.01. The van der Waals surface area contributed by atoms with Gasteiger partial charge in [0.25, 0.3) is 5.91 Å². The minimum atomic E-state index is -3.75. The zero-order valence-electron chi connectivity index (χ0n) is 37.6. The van der Waals surface area contributed by atoms with Crippen LogP contribution in [-0.2, 0) is 30.2 Å². The molecule has 3 aromatic heterocycles. The zero-order valence-corrected chi connectivity index (χ0v) is 40.0. The number of ether oxygens (including phenoxy) is 1. The van der Waals surface area contributed by atoms with Crippen LogP contribution in [0.15, 0.2) is 79.0 Å². The van der Waals surface area contributed by atoms with Crippen LogP contribution < -0.4 is 25.2 Å². The number of carbonyl (C=O) groups is 5. The number of sulfonamides is 1. The van der Waals surface area contributed by atoms with Gasteiger partial charge in [-0.25, -0.2) is 22.5 Å². The van der Waals surface area contributed by atoms with Crippen molar-refractivity contribution in [2.75, 3.05) is 41.4 Å². The average Bonchev–Trinajstić information content (AvgIpc) is 3.97. The van der Waals surface area contributed by atoms with E-state index >= 15 is 0 Å². The Hall–Kier alpha value is -6.54. The maximum atomic E-state index is 14.2. The number of amides is 3. The highest BCUT2D eigenvalue weighted by atomic mass is 35.5. The number of aromatic carboxylic acids is 1. The standard InChI is InChI=1S/C49H48ClN7O10S2/c1-49(2)24-31(51-30-6-3-5-29(22-30)44-42(50)43(67-25-40(59)60)45(68-44)48(63)64)16-20-56(49)69(65,66)26-27-13-19-55-32(21-27)23-38(53-55)54-17-14-28(15-18-54)33-9-10-36-41-34(33)7-4-8-35(41)47(62)57(36)37-11-12-39(58)52-46(37)61/h3-10,13,19,21-23,28,31,37,51H,11-12,14-18,20,24-26H2,1-2H3,(H,59,60)(H,63,64)(H,52,58,61). The van der Waals surface area contributed by atoms with Gasteiger partial charge in [-0.05, 0) is 110 Å². The number of imide groups is 1. The number of carboxylic acid groups (broad SMARTS) is 2. The average molecular weight is 995 g/mol. The summed E-state index contributed by atoms with van der Waals surface area (Å²) in [6, 6.07) is 21.9. The lowest BCUT2D eigenvalue weighted by molar-refractivity contribution is -0.139. The number of rotatable bonds is 13. The lowest BCUT2D eigenvalue weighted by Crippen LogP contribution is -2.55. The molecule has 3 aromatic carbocycles. The van der Waals surface area contributed by atoms with E-state index in [1.54, 1.807) is 44.2 Å². The molecule has 2 unspecified atom stereocenters. The fraction of sp³-hybridized carbons (Fsp3) is 0.347. The number of nitrogens with zero attached hydrogens (tertiary/aromatic N) is 5. The first-order chi connectivity index (χ1) is 33.0. The summed E-state index contributed by atoms with van der Waals surface area (Å²) in [5.74, 6) is -2.90. The van der Waals surface area contributed by atoms with E-state index in [1.165, 1.54) is 0 Å². The van der Waals surface area contributed by atoms with Crippen LogP contribution in [0.5, 0.6) is 5.75 Å². The quantitative estimate of drug-likeness (QED) is 0.0832. The Balaban J connectivity index is 0.778. The van der Waals surface area contributed by atoms with Crippen LogP contribution in [0.25, 0.3) is 26.7 Å². The number of anilines is 3. The number of nitrogens with one attached hydrogen (secondary N) is 2. The second-order valence-corrected chi connectivity index (χ2v) is 22.0. The number of carboxylic acids is 2. The van der Waals surface area contributed by atoms with Gasteiger partial charge < -0.3 is 25.2 Å². The van der Waals surface area contributed by atoms with Gasteiger partial charge in [0.15, 0.2) is 23.1 Å². The van der Waals surface area contributed by atoms with Crippen molar-refractivity contribution in [1.29, 1.82) is 0 Å². The number of aromatic nitrogens is 2. The molecule has 0 saturated carbocycles. The van der Waals surface area contributed by atoms with E-state index in [0.29, 0.717) is 46.6 Å². The Morgan fingerprint density at radius 3 is 2.49 bits per heavy atom. The van der Waals surface area contributed by atoms with Gasteiger partial charge in [0.1, 0.15) is 11.1 Å². The Kier molecular flexibility index (Phi) is 11.9. The number of thiophene rings is 1. The SMILES string of the molecule is CC1(C)CC(Nc2cccc(-c3sc(C(=O)O)c(OCC(=O)O)c3Cl)c2)CCN1S(=O)(=O)Cc1ccn2nc(N3CCC(c4ccc5c6c(cccc46)C(=O)N5C4CCC(=O)NC4=O)CC3)cc2c1. The molecule has 10 rings (SSSR count). The molecule has 3 amide bonds.